The molecule has 2 atom stereocenters. The Balaban J connectivity index is 0.00000192. The van der Waals surface area contributed by atoms with Gasteiger partial charge in [0, 0.05) is 0 Å². The Bertz CT molecular complexity index is 1570. The second-order valence-electron chi connectivity index (χ2n) is 13.2. The van der Waals surface area contributed by atoms with Gasteiger partial charge in [-0.3, -0.25) is 0 Å². The molecule has 0 spiro atoms. The summed E-state index contributed by atoms with van der Waals surface area (Å²) in [4.78, 5) is 0. The van der Waals surface area contributed by atoms with Crippen LogP contribution in [0.2, 0.25) is 8.26 Å². The molecule has 226 valence electrons. The van der Waals surface area contributed by atoms with Gasteiger partial charge in [0.2, 0.25) is 0 Å². The Hall–Kier alpha value is -2.18. The first kappa shape index (κ1) is 33.2. The molecule has 0 bridgehead atoms. The quantitative estimate of drug-likeness (QED) is 0.205. The minimum absolute atomic E-state index is 0. The number of allylic oxidation sites excluding steroid dienone is 2. The van der Waals surface area contributed by atoms with Crippen LogP contribution in [0.1, 0.15) is 86.6 Å². The fourth-order valence-electron chi connectivity index (χ4n) is 8.60. The average molecular weight is 699 g/mol. The van der Waals surface area contributed by atoms with Crippen molar-refractivity contribution in [2.75, 3.05) is 0 Å². The van der Waals surface area contributed by atoms with Gasteiger partial charge in [-0.25, -0.2) is 0 Å². The number of hydrogen-bond acceptors (Lipinski definition) is 0. The van der Waals surface area contributed by atoms with Gasteiger partial charge in [0.1, 0.15) is 0 Å². The van der Waals surface area contributed by atoms with Crippen LogP contribution in [0.3, 0.4) is 0 Å². The van der Waals surface area contributed by atoms with Crippen LogP contribution in [0.25, 0.3) is 34.4 Å². The maximum Gasteiger partial charge on any atom is -1.00 e. The minimum Gasteiger partial charge on any atom is -1.00 e. The third-order valence-electron chi connectivity index (χ3n) is 10.5. The topological polar surface area (TPSA) is 0 Å². The van der Waals surface area contributed by atoms with E-state index in [1.807, 2.05) is 0 Å². The molecule has 44 heavy (non-hydrogen) atoms. The van der Waals surface area contributed by atoms with E-state index in [0.717, 1.165) is 0 Å². The van der Waals surface area contributed by atoms with Crippen molar-refractivity contribution >= 4 is 12.2 Å². The van der Waals surface area contributed by atoms with Gasteiger partial charge in [-0.05, 0) is 0 Å². The molecule has 3 heteroatoms. The van der Waals surface area contributed by atoms with Crippen LogP contribution in [-0.2, 0) is 20.3 Å². The van der Waals surface area contributed by atoms with E-state index in [-0.39, 0.29) is 24.8 Å². The van der Waals surface area contributed by atoms with E-state index >= 15 is 0 Å². The molecule has 0 nitrogen and oxygen atoms in total. The van der Waals surface area contributed by atoms with Gasteiger partial charge >= 0.3 is 259 Å². The molecular weight excluding hydrogens is 655 g/mol. The zero-order valence-electron chi connectivity index (χ0n) is 26.6. The summed E-state index contributed by atoms with van der Waals surface area (Å²) in [6, 6.07) is 32.9. The Morgan fingerprint density at radius 3 is 1.32 bits per heavy atom. The zero-order chi connectivity index (χ0) is 28.8. The fraction of sp³-hybridized carbons (Fsp3) is 0.317. The third-order valence-corrected chi connectivity index (χ3v) is 25.9. The smallest absolute Gasteiger partial charge is 1.00 e. The Kier molecular flexibility index (Phi) is 10.3. The Morgan fingerprint density at radius 2 is 0.977 bits per heavy atom. The molecule has 0 amide bonds. The molecule has 0 radical (unpaired) electrons. The summed E-state index contributed by atoms with van der Waals surface area (Å²) >= 11 is -2.82. The van der Waals surface area contributed by atoms with Gasteiger partial charge in [0.15, 0.2) is 0 Å². The molecule has 2 unspecified atom stereocenters. The summed E-state index contributed by atoms with van der Waals surface area (Å²) in [5.74, 6) is 0. The molecule has 7 rings (SSSR count). The van der Waals surface area contributed by atoms with E-state index < -0.39 is 20.3 Å². The first-order chi connectivity index (χ1) is 20.5. The largest absolute Gasteiger partial charge is 1.00 e. The van der Waals surface area contributed by atoms with Crippen LogP contribution >= 0.6 is 0 Å². The number of aryl methyl sites for hydroxylation is 2. The van der Waals surface area contributed by atoms with Gasteiger partial charge in [0.25, 0.3) is 0 Å². The maximum atomic E-state index is 2.66. The maximum absolute atomic E-state index is 2.82. The first-order valence-electron chi connectivity index (χ1n) is 16.3. The van der Waals surface area contributed by atoms with E-state index in [1.165, 1.54) is 84.9 Å². The van der Waals surface area contributed by atoms with Crippen molar-refractivity contribution in [3.05, 3.63) is 129 Å². The molecule has 0 N–H and O–H groups in total. The first-order valence-corrected chi connectivity index (χ1v) is 22.7. The molecule has 1 fully saturated rings. The van der Waals surface area contributed by atoms with Crippen LogP contribution in [-0.4, -0.2) is 0 Å². The predicted octanol–water partition coefficient (Wildman–Crippen LogP) is 6.22. The summed E-state index contributed by atoms with van der Waals surface area (Å²) in [6.07, 6.45) is 11.7. The molecule has 1 heterocycles. The number of fused-ring (bicyclic) bond motifs is 2. The van der Waals surface area contributed by atoms with E-state index in [2.05, 4.69) is 125 Å². The standard InChI is InChI=1S/2C19H19.C3H6.2ClH.Zr/c2*1-3-5-15-12-17-6-4-7-18(19(17)13-15)16-10-8-14(2)9-11-16;1-3-2;;;/h2*4,6-13H,3,5H2,1-2H3;1-3H2;2*1H;/q;;;;;+2/p-2. The zero-order valence-corrected chi connectivity index (χ0v) is 30.6. The second-order valence-corrected chi connectivity index (χ2v) is 24.6. The molecule has 4 aromatic carbocycles. The second kappa shape index (κ2) is 13.7. The van der Waals surface area contributed by atoms with E-state index in [1.54, 1.807) is 22.3 Å². The van der Waals surface area contributed by atoms with Crippen LogP contribution in [0.15, 0.2) is 96.1 Å². The molecule has 1 aliphatic heterocycles. The molecule has 0 aromatic heterocycles. The fourth-order valence-corrected chi connectivity index (χ4v) is 24.2. The van der Waals surface area contributed by atoms with Crippen LogP contribution in [0, 0.1) is 13.8 Å². The van der Waals surface area contributed by atoms with Gasteiger partial charge in [0.05, 0.1) is 0 Å². The Labute approximate surface area is 282 Å². The molecule has 2 aliphatic carbocycles. The summed E-state index contributed by atoms with van der Waals surface area (Å²) in [6.45, 7) is 9.14. The van der Waals surface area contributed by atoms with Gasteiger partial charge in [-0.15, -0.1) is 0 Å². The summed E-state index contributed by atoms with van der Waals surface area (Å²) in [7, 11) is 0. The van der Waals surface area contributed by atoms with Gasteiger partial charge in [-0.2, -0.15) is 0 Å². The van der Waals surface area contributed by atoms with Crippen molar-refractivity contribution in [2.24, 2.45) is 0 Å². The molecule has 4 aromatic rings. The normalized spacial score (nSPS) is 18.4. The Morgan fingerprint density at radius 1 is 0.568 bits per heavy atom. The van der Waals surface area contributed by atoms with Crippen molar-refractivity contribution in [2.45, 2.75) is 75.3 Å². The summed E-state index contributed by atoms with van der Waals surface area (Å²) < 4.78 is 4.45. The number of halogens is 2. The number of hydrogen-bond donors (Lipinski definition) is 0. The van der Waals surface area contributed by atoms with E-state index in [4.69, 9.17) is 0 Å². The van der Waals surface area contributed by atoms with Crippen LogP contribution in [0.5, 0.6) is 0 Å². The predicted molar refractivity (Wildman–Crippen MR) is 179 cm³/mol. The van der Waals surface area contributed by atoms with Crippen molar-refractivity contribution in [1.29, 1.82) is 0 Å². The molecule has 3 aliphatic rings. The van der Waals surface area contributed by atoms with Crippen molar-refractivity contribution in [1.82, 2.24) is 0 Å². The van der Waals surface area contributed by atoms with Gasteiger partial charge < -0.3 is 24.8 Å². The number of benzene rings is 4. The molecule has 0 saturated carbocycles. The van der Waals surface area contributed by atoms with Gasteiger partial charge in [-0.1, -0.05) is 0 Å². The van der Waals surface area contributed by atoms with Crippen molar-refractivity contribution < 1.29 is 45.1 Å². The van der Waals surface area contributed by atoms with E-state index in [9.17, 15) is 0 Å². The van der Waals surface area contributed by atoms with Crippen LogP contribution < -0.4 is 24.8 Å². The monoisotopic (exact) mass is 696 g/mol. The van der Waals surface area contributed by atoms with Crippen LogP contribution in [0.4, 0.5) is 0 Å². The summed E-state index contributed by atoms with van der Waals surface area (Å²) in [5.41, 5.74) is 18.2. The van der Waals surface area contributed by atoms with Crippen molar-refractivity contribution in [3.63, 3.8) is 0 Å². The van der Waals surface area contributed by atoms with E-state index in [0.29, 0.717) is 7.25 Å². The average Bonchev–Trinajstić information content (AvgIpc) is 3.53. The minimum atomic E-state index is -2.82. The summed E-state index contributed by atoms with van der Waals surface area (Å²) in [5, 5.41) is 0. The molecular formula is C41H44Cl2Zr. The van der Waals surface area contributed by atoms with Crippen molar-refractivity contribution in [3.8, 4) is 22.3 Å². The third kappa shape index (κ3) is 5.57. The number of rotatable bonds is 8. The SMILES string of the molecule is CCCC1=Cc2c(-c3ccc(C)cc3)cccc2[CH]1[Zr+2]1([CH]2C(CCC)=Cc3c(-c4ccc(C)cc4)cccc32)[CH2]C[CH2]1.[Cl-].[Cl-]. The molecule has 1 saturated heterocycles.